The lowest BCUT2D eigenvalue weighted by molar-refractivity contribution is -0.120. The summed E-state index contributed by atoms with van der Waals surface area (Å²) in [7, 11) is 3.30. The summed E-state index contributed by atoms with van der Waals surface area (Å²) in [5, 5.41) is 6.02. The number of ether oxygens (including phenoxy) is 2. The van der Waals surface area contributed by atoms with Crippen LogP contribution in [0.1, 0.15) is 12.5 Å². The minimum absolute atomic E-state index is 0.0121. The summed E-state index contributed by atoms with van der Waals surface area (Å²) in [6.07, 6.45) is 0.821. The molecule has 1 rings (SSSR count). The number of benzene rings is 1. The number of carbonyl (C=O) groups is 1. The Morgan fingerprint density at radius 1 is 1.25 bits per heavy atom. The Kier molecular flexibility index (Phi) is 7.69. The fourth-order valence-corrected chi connectivity index (χ4v) is 1.92. The summed E-state index contributed by atoms with van der Waals surface area (Å²) in [5.41, 5.74) is 2.12. The Labute approximate surface area is 120 Å². The number of rotatable bonds is 9. The van der Waals surface area contributed by atoms with Gasteiger partial charge in [0.2, 0.25) is 5.91 Å². The van der Waals surface area contributed by atoms with Crippen molar-refractivity contribution >= 4 is 11.6 Å². The van der Waals surface area contributed by atoms with Crippen molar-refractivity contribution in [3.8, 4) is 0 Å². The molecule has 20 heavy (non-hydrogen) atoms. The number of carbonyl (C=O) groups excluding carboxylic acids is 1. The van der Waals surface area contributed by atoms with Gasteiger partial charge in [-0.15, -0.1) is 0 Å². The van der Waals surface area contributed by atoms with E-state index in [0.29, 0.717) is 13.2 Å². The Balaban J connectivity index is 2.46. The molecule has 0 saturated carbocycles. The first kappa shape index (κ1) is 16.5. The summed E-state index contributed by atoms with van der Waals surface area (Å²) in [5.74, 6) is -0.0453. The minimum Gasteiger partial charge on any atom is -0.384 e. The zero-order valence-corrected chi connectivity index (χ0v) is 12.4. The van der Waals surface area contributed by atoms with Crippen molar-refractivity contribution in [3.05, 3.63) is 29.8 Å². The molecule has 1 aromatic carbocycles. The van der Waals surface area contributed by atoms with Gasteiger partial charge in [-0.2, -0.15) is 0 Å². The van der Waals surface area contributed by atoms with Gasteiger partial charge in [0, 0.05) is 25.9 Å². The molecule has 112 valence electrons. The summed E-state index contributed by atoms with van der Waals surface area (Å²) < 4.78 is 10.1. The highest BCUT2D eigenvalue weighted by atomic mass is 16.5. The van der Waals surface area contributed by atoms with E-state index < -0.39 is 0 Å². The molecule has 2 N–H and O–H groups in total. The molecule has 0 saturated heterocycles. The van der Waals surface area contributed by atoms with Gasteiger partial charge in [-0.3, -0.25) is 4.79 Å². The van der Waals surface area contributed by atoms with E-state index in [0.717, 1.165) is 17.7 Å². The van der Waals surface area contributed by atoms with Gasteiger partial charge in [0.1, 0.15) is 0 Å². The number of anilines is 1. The van der Waals surface area contributed by atoms with Crippen LogP contribution in [0.15, 0.2) is 24.3 Å². The third-order valence-electron chi connectivity index (χ3n) is 2.86. The first-order valence-electron chi connectivity index (χ1n) is 6.76. The van der Waals surface area contributed by atoms with Crippen LogP contribution in [0.2, 0.25) is 0 Å². The number of para-hydroxylation sites is 1. The number of hydrogen-bond donors (Lipinski definition) is 2. The van der Waals surface area contributed by atoms with Gasteiger partial charge >= 0.3 is 0 Å². The minimum atomic E-state index is -0.0453. The van der Waals surface area contributed by atoms with E-state index in [1.165, 1.54) is 0 Å². The van der Waals surface area contributed by atoms with Crippen molar-refractivity contribution in [2.45, 2.75) is 19.4 Å². The normalized spacial score (nSPS) is 11.9. The Hall–Kier alpha value is -1.59. The van der Waals surface area contributed by atoms with E-state index in [-0.39, 0.29) is 18.5 Å². The fraction of sp³-hybridized carbons (Fsp3) is 0.533. The Bertz CT molecular complexity index is 410. The van der Waals surface area contributed by atoms with E-state index in [9.17, 15) is 4.79 Å². The van der Waals surface area contributed by atoms with Crippen LogP contribution in [0.4, 0.5) is 5.69 Å². The van der Waals surface area contributed by atoms with Crippen molar-refractivity contribution in [3.63, 3.8) is 0 Å². The smallest absolute Gasteiger partial charge is 0.239 e. The summed E-state index contributed by atoms with van der Waals surface area (Å²) >= 11 is 0. The fourth-order valence-electron chi connectivity index (χ4n) is 1.92. The molecule has 0 fully saturated rings. The van der Waals surface area contributed by atoms with Crippen molar-refractivity contribution in [2.75, 3.05) is 39.3 Å². The predicted octanol–water partition coefficient (Wildman–Crippen LogP) is 1.44. The summed E-state index contributed by atoms with van der Waals surface area (Å²) in [6, 6.07) is 7.95. The number of nitrogens with one attached hydrogen (secondary N) is 2. The Morgan fingerprint density at radius 2 is 2.00 bits per heavy atom. The molecular formula is C15H24N2O3. The third kappa shape index (κ3) is 6.04. The SMILES string of the molecule is COCCc1ccccc1NCC(=O)NC(C)COC. The second kappa shape index (κ2) is 9.34. The molecule has 0 spiro atoms. The zero-order chi connectivity index (χ0) is 14.8. The van der Waals surface area contributed by atoms with E-state index in [1.807, 2.05) is 31.2 Å². The molecule has 1 atom stereocenters. The first-order valence-corrected chi connectivity index (χ1v) is 6.76. The molecule has 0 radical (unpaired) electrons. The zero-order valence-electron chi connectivity index (χ0n) is 12.4. The molecule has 0 aliphatic rings. The van der Waals surface area contributed by atoms with Crippen LogP contribution >= 0.6 is 0 Å². The molecule has 0 bridgehead atoms. The maximum Gasteiger partial charge on any atom is 0.239 e. The summed E-state index contributed by atoms with van der Waals surface area (Å²) in [4.78, 5) is 11.8. The largest absolute Gasteiger partial charge is 0.384 e. The molecule has 1 amide bonds. The van der Waals surface area contributed by atoms with Crippen LogP contribution in [0.3, 0.4) is 0 Å². The average molecular weight is 280 g/mol. The van der Waals surface area contributed by atoms with Gasteiger partial charge in [-0.05, 0) is 25.0 Å². The molecule has 0 aliphatic heterocycles. The van der Waals surface area contributed by atoms with Crippen LogP contribution in [0, 0.1) is 0 Å². The maximum absolute atomic E-state index is 11.8. The van der Waals surface area contributed by atoms with Crippen LogP contribution < -0.4 is 10.6 Å². The number of amides is 1. The third-order valence-corrected chi connectivity index (χ3v) is 2.86. The van der Waals surface area contributed by atoms with Crippen molar-refractivity contribution in [1.29, 1.82) is 0 Å². The molecule has 0 aliphatic carbocycles. The molecule has 1 unspecified atom stereocenters. The van der Waals surface area contributed by atoms with E-state index in [4.69, 9.17) is 9.47 Å². The highest BCUT2D eigenvalue weighted by molar-refractivity contribution is 5.81. The number of methoxy groups -OCH3 is 2. The lowest BCUT2D eigenvalue weighted by atomic mass is 10.1. The summed E-state index contributed by atoms with van der Waals surface area (Å²) in [6.45, 7) is 3.33. The maximum atomic E-state index is 11.8. The van der Waals surface area contributed by atoms with E-state index >= 15 is 0 Å². The van der Waals surface area contributed by atoms with E-state index in [1.54, 1.807) is 14.2 Å². The standard InChI is InChI=1S/C15H24N2O3/c1-12(11-20-3)17-15(18)10-16-14-7-5-4-6-13(14)8-9-19-2/h4-7,12,16H,8-11H2,1-3H3,(H,17,18). The Morgan fingerprint density at radius 3 is 2.70 bits per heavy atom. The molecule has 5 heteroatoms. The van der Waals surface area contributed by atoms with Crippen LogP contribution in [-0.2, 0) is 20.7 Å². The second-order valence-electron chi connectivity index (χ2n) is 4.68. The predicted molar refractivity (Wildman–Crippen MR) is 80.0 cm³/mol. The van der Waals surface area contributed by atoms with E-state index in [2.05, 4.69) is 10.6 Å². The number of hydrogen-bond acceptors (Lipinski definition) is 4. The molecule has 0 aromatic heterocycles. The van der Waals surface area contributed by atoms with Gasteiger partial charge < -0.3 is 20.1 Å². The average Bonchev–Trinajstić information content (AvgIpc) is 2.44. The lowest BCUT2D eigenvalue weighted by Gasteiger charge is -2.15. The topological polar surface area (TPSA) is 59.6 Å². The van der Waals surface area contributed by atoms with Gasteiger partial charge in [0.25, 0.3) is 0 Å². The highest BCUT2D eigenvalue weighted by Crippen LogP contribution is 2.15. The van der Waals surface area contributed by atoms with Crippen molar-refractivity contribution < 1.29 is 14.3 Å². The quantitative estimate of drug-likeness (QED) is 0.718. The molecule has 5 nitrogen and oxygen atoms in total. The highest BCUT2D eigenvalue weighted by Gasteiger charge is 2.08. The van der Waals surface area contributed by atoms with Gasteiger partial charge in [-0.25, -0.2) is 0 Å². The van der Waals surface area contributed by atoms with Crippen molar-refractivity contribution in [2.24, 2.45) is 0 Å². The van der Waals surface area contributed by atoms with Crippen molar-refractivity contribution in [1.82, 2.24) is 5.32 Å². The van der Waals surface area contributed by atoms with Gasteiger partial charge in [-0.1, -0.05) is 18.2 Å². The molecule has 1 aromatic rings. The van der Waals surface area contributed by atoms with Crippen LogP contribution in [-0.4, -0.2) is 45.9 Å². The second-order valence-corrected chi connectivity index (χ2v) is 4.68. The van der Waals surface area contributed by atoms with Crippen LogP contribution in [0.5, 0.6) is 0 Å². The van der Waals surface area contributed by atoms with Crippen LogP contribution in [0.25, 0.3) is 0 Å². The molecule has 0 heterocycles. The lowest BCUT2D eigenvalue weighted by Crippen LogP contribution is -2.39. The molecular weight excluding hydrogens is 256 g/mol. The van der Waals surface area contributed by atoms with Gasteiger partial charge in [0.05, 0.1) is 19.8 Å². The first-order chi connectivity index (χ1) is 9.67. The van der Waals surface area contributed by atoms with Gasteiger partial charge in [0.15, 0.2) is 0 Å². The monoisotopic (exact) mass is 280 g/mol.